The Morgan fingerprint density at radius 2 is 2.06 bits per heavy atom. The third-order valence-corrected chi connectivity index (χ3v) is 7.37. The van der Waals surface area contributed by atoms with E-state index in [4.69, 9.17) is 0 Å². The minimum Gasteiger partial charge on any atom is -0.341 e. The fourth-order valence-electron chi connectivity index (χ4n) is 5.62. The van der Waals surface area contributed by atoms with Crippen LogP contribution >= 0.6 is 0 Å². The van der Waals surface area contributed by atoms with E-state index in [-0.39, 0.29) is 23.8 Å². The third-order valence-electron chi connectivity index (χ3n) is 7.37. The predicted molar refractivity (Wildman–Crippen MR) is 124 cm³/mol. The summed E-state index contributed by atoms with van der Waals surface area (Å²) in [5.41, 5.74) is 1.72. The van der Waals surface area contributed by atoms with E-state index in [0.29, 0.717) is 50.0 Å². The molecule has 3 aliphatic rings. The second-order valence-electron chi connectivity index (χ2n) is 9.66. The number of nitrogens with zero attached hydrogens (tertiary/aromatic N) is 5. The Morgan fingerprint density at radius 1 is 1.24 bits per heavy atom. The van der Waals surface area contributed by atoms with Crippen molar-refractivity contribution in [1.29, 1.82) is 0 Å². The van der Waals surface area contributed by atoms with Gasteiger partial charge in [0.2, 0.25) is 11.8 Å². The monoisotopic (exact) mass is 449 g/mol. The molecule has 4 heterocycles. The topological polar surface area (TPSA) is 78.8 Å². The Kier molecular flexibility index (Phi) is 5.46. The zero-order valence-corrected chi connectivity index (χ0v) is 19.4. The van der Waals surface area contributed by atoms with Crippen molar-refractivity contribution < 1.29 is 14.4 Å². The van der Waals surface area contributed by atoms with Crippen molar-refractivity contribution in [2.24, 2.45) is 0 Å². The highest BCUT2D eigenvalue weighted by Gasteiger charge is 2.52. The first kappa shape index (κ1) is 21.7. The number of carbonyl (C=O) groups excluding carboxylic acids is 3. The maximum absolute atomic E-state index is 13.3. The van der Waals surface area contributed by atoms with Gasteiger partial charge in [-0.1, -0.05) is 12.1 Å². The lowest BCUT2D eigenvalue weighted by Gasteiger charge is -2.48. The van der Waals surface area contributed by atoms with Crippen molar-refractivity contribution in [1.82, 2.24) is 19.6 Å². The van der Waals surface area contributed by atoms with Gasteiger partial charge in [-0.3, -0.25) is 24.0 Å². The van der Waals surface area contributed by atoms with E-state index in [9.17, 15) is 14.4 Å². The molecule has 2 saturated heterocycles. The van der Waals surface area contributed by atoms with E-state index in [1.165, 1.54) is 0 Å². The predicted octanol–water partition coefficient (Wildman–Crippen LogP) is 3.13. The molecule has 2 aromatic rings. The van der Waals surface area contributed by atoms with Gasteiger partial charge in [-0.15, -0.1) is 0 Å². The first-order valence-electron chi connectivity index (χ1n) is 11.9. The van der Waals surface area contributed by atoms with Crippen LogP contribution in [0.3, 0.4) is 0 Å². The molecular formula is C25H31N5O3. The van der Waals surface area contributed by atoms with Crippen LogP contribution in [0.2, 0.25) is 0 Å². The summed E-state index contributed by atoms with van der Waals surface area (Å²) < 4.78 is 1.98. The second-order valence-corrected chi connectivity index (χ2v) is 9.66. The molecule has 3 aliphatic heterocycles. The van der Waals surface area contributed by atoms with Crippen molar-refractivity contribution in [3.63, 3.8) is 0 Å². The Bertz CT molecular complexity index is 1100. The van der Waals surface area contributed by atoms with Crippen molar-refractivity contribution >= 4 is 23.4 Å². The van der Waals surface area contributed by atoms with Gasteiger partial charge in [-0.2, -0.15) is 5.10 Å². The minimum absolute atomic E-state index is 0.0479. The lowest BCUT2D eigenvalue weighted by atomic mass is 9.97. The number of aromatic nitrogens is 2. The van der Waals surface area contributed by atoms with Gasteiger partial charge < -0.3 is 9.80 Å². The number of para-hydroxylation sites is 1. The number of amides is 3. The number of hydrogen-bond donors (Lipinski definition) is 0. The normalized spacial score (nSPS) is 24.8. The number of piperidine rings is 1. The van der Waals surface area contributed by atoms with Gasteiger partial charge >= 0.3 is 0 Å². The number of carbonyl (C=O) groups is 3. The van der Waals surface area contributed by atoms with E-state index < -0.39 is 5.66 Å². The van der Waals surface area contributed by atoms with Gasteiger partial charge in [0, 0.05) is 38.7 Å². The van der Waals surface area contributed by atoms with Gasteiger partial charge in [0.15, 0.2) is 0 Å². The van der Waals surface area contributed by atoms with Crippen LogP contribution in [-0.2, 0) is 9.59 Å². The third kappa shape index (κ3) is 3.71. The molecule has 1 aromatic heterocycles. The fraction of sp³-hybridized carbons (Fsp3) is 0.520. The number of anilines is 1. The number of rotatable bonds is 5. The molecule has 0 spiro atoms. The second kappa shape index (κ2) is 8.32. The summed E-state index contributed by atoms with van der Waals surface area (Å²) in [6, 6.07) is 7.54. The maximum Gasteiger partial charge on any atom is 0.257 e. The molecule has 1 aromatic carbocycles. The molecule has 8 heteroatoms. The SMILES string of the molecule is Cc1cnn(C2CCCN(C(=O)CCCN3C(=O)c4ccccc4N4C(=O)CCC34C)C2)c1. The summed E-state index contributed by atoms with van der Waals surface area (Å²) in [5, 5.41) is 4.43. The van der Waals surface area contributed by atoms with E-state index in [1.807, 2.05) is 54.0 Å². The fourth-order valence-corrected chi connectivity index (χ4v) is 5.62. The van der Waals surface area contributed by atoms with Crippen molar-refractivity contribution in [3.8, 4) is 0 Å². The lowest BCUT2D eigenvalue weighted by molar-refractivity contribution is -0.133. The largest absolute Gasteiger partial charge is 0.341 e. The van der Waals surface area contributed by atoms with Crippen molar-refractivity contribution in [2.45, 2.75) is 64.1 Å². The molecule has 0 bridgehead atoms. The van der Waals surface area contributed by atoms with Crippen LogP contribution < -0.4 is 4.90 Å². The quantitative estimate of drug-likeness (QED) is 0.703. The van der Waals surface area contributed by atoms with Gasteiger partial charge in [-0.25, -0.2) is 0 Å². The van der Waals surface area contributed by atoms with E-state index in [2.05, 4.69) is 5.10 Å². The van der Waals surface area contributed by atoms with Crippen LogP contribution in [0.1, 0.15) is 67.4 Å². The number of hydrogen-bond acceptors (Lipinski definition) is 4. The molecule has 0 aliphatic carbocycles. The van der Waals surface area contributed by atoms with Crippen LogP contribution in [-0.4, -0.2) is 62.6 Å². The maximum atomic E-state index is 13.3. The number of aryl methyl sites for hydroxylation is 1. The lowest BCUT2D eigenvalue weighted by Crippen LogP contribution is -2.62. The van der Waals surface area contributed by atoms with E-state index in [1.54, 1.807) is 15.9 Å². The summed E-state index contributed by atoms with van der Waals surface area (Å²) in [5.74, 6) is 0.114. The number of benzene rings is 1. The Morgan fingerprint density at radius 3 is 2.85 bits per heavy atom. The highest BCUT2D eigenvalue weighted by molar-refractivity contribution is 6.10. The molecule has 0 saturated carbocycles. The first-order chi connectivity index (χ1) is 15.9. The summed E-state index contributed by atoms with van der Waals surface area (Å²) in [7, 11) is 0. The van der Waals surface area contributed by atoms with Crippen molar-refractivity contribution in [3.05, 3.63) is 47.8 Å². The van der Waals surface area contributed by atoms with Gasteiger partial charge in [-0.05, 0) is 57.2 Å². The molecule has 2 atom stereocenters. The molecule has 174 valence electrons. The molecule has 0 radical (unpaired) electrons. The van der Waals surface area contributed by atoms with Crippen LogP contribution in [0.15, 0.2) is 36.7 Å². The molecule has 2 unspecified atom stereocenters. The molecule has 8 nitrogen and oxygen atoms in total. The Hall–Kier alpha value is -3.16. The zero-order chi connectivity index (χ0) is 23.2. The van der Waals surface area contributed by atoms with Crippen LogP contribution in [0.4, 0.5) is 5.69 Å². The molecule has 5 rings (SSSR count). The zero-order valence-electron chi connectivity index (χ0n) is 19.4. The van der Waals surface area contributed by atoms with Gasteiger partial charge in [0.05, 0.1) is 23.5 Å². The Balaban J connectivity index is 1.24. The summed E-state index contributed by atoms with van der Waals surface area (Å²) in [6.07, 6.45) is 7.87. The summed E-state index contributed by atoms with van der Waals surface area (Å²) in [6.45, 7) is 5.89. The number of likely N-dealkylation sites (tertiary alicyclic amines) is 1. The molecule has 2 fully saturated rings. The molecule has 33 heavy (non-hydrogen) atoms. The number of fused-ring (bicyclic) bond motifs is 3. The van der Waals surface area contributed by atoms with Crippen LogP contribution in [0.5, 0.6) is 0 Å². The van der Waals surface area contributed by atoms with Crippen LogP contribution in [0.25, 0.3) is 0 Å². The minimum atomic E-state index is -0.667. The smallest absolute Gasteiger partial charge is 0.257 e. The van der Waals surface area contributed by atoms with Crippen LogP contribution in [0, 0.1) is 6.92 Å². The first-order valence-corrected chi connectivity index (χ1v) is 11.9. The molecular weight excluding hydrogens is 418 g/mol. The van der Waals surface area contributed by atoms with Crippen molar-refractivity contribution in [2.75, 3.05) is 24.5 Å². The highest BCUT2D eigenvalue weighted by atomic mass is 16.2. The standard InChI is InChI=1S/C25H31N5O3/c1-18-15-26-29(16-18)19-7-5-13-27(17-19)22(31)10-6-14-28-24(33)20-8-3-4-9-21(20)30-23(32)11-12-25(28,30)2/h3-4,8-9,15-16,19H,5-7,10-14,17H2,1-2H3. The molecule has 3 amide bonds. The molecule has 0 N–H and O–H groups in total. The summed E-state index contributed by atoms with van der Waals surface area (Å²) >= 11 is 0. The van der Waals surface area contributed by atoms with Gasteiger partial charge in [0.1, 0.15) is 5.66 Å². The summed E-state index contributed by atoms with van der Waals surface area (Å²) in [4.78, 5) is 44.5. The highest BCUT2D eigenvalue weighted by Crippen LogP contribution is 2.44. The van der Waals surface area contributed by atoms with E-state index >= 15 is 0 Å². The average Bonchev–Trinajstić information content (AvgIpc) is 3.39. The Labute approximate surface area is 194 Å². The average molecular weight is 450 g/mol. The van der Waals surface area contributed by atoms with E-state index in [0.717, 1.165) is 24.9 Å². The van der Waals surface area contributed by atoms with Gasteiger partial charge in [0.25, 0.3) is 5.91 Å².